The van der Waals surface area contributed by atoms with E-state index in [1.807, 2.05) is 24.3 Å². The third-order valence-electron chi connectivity index (χ3n) is 4.96. The molecule has 2 aliphatic rings. The topological polar surface area (TPSA) is 66.8 Å². The van der Waals surface area contributed by atoms with Gasteiger partial charge in [-0.15, -0.1) is 0 Å². The Morgan fingerprint density at radius 3 is 2.48 bits per heavy atom. The number of hydrogen-bond acceptors (Lipinski definition) is 3. The van der Waals surface area contributed by atoms with Crippen LogP contribution in [0, 0.1) is 17.8 Å². The standard InChI is InChI=1S/C18H23NO4/c1-2-12-3-7-14(8-4-12)23-11-17(20)19-9-15(13-5-6-13)16(10-19)18(21)22/h3-4,7-8,13,15-16H,2,5-6,9-11H2,1H3,(H,21,22)/t15-,16+/m1/s1. The van der Waals surface area contributed by atoms with Crippen molar-refractivity contribution in [2.75, 3.05) is 19.7 Å². The normalized spacial score (nSPS) is 23.8. The van der Waals surface area contributed by atoms with E-state index in [-0.39, 0.29) is 18.4 Å². The second kappa shape index (κ2) is 6.60. The number of likely N-dealkylation sites (tertiary alicyclic amines) is 1. The SMILES string of the molecule is CCc1ccc(OCC(=O)N2C[C@H](C(=O)O)[C@@H](C3CC3)C2)cc1. The van der Waals surface area contributed by atoms with E-state index in [4.69, 9.17) is 4.74 Å². The van der Waals surface area contributed by atoms with Gasteiger partial charge in [0.15, 0.2) is 6.61 Å². The van der Waals surface area contributed by atoms with E-state index in [0.717, 1.165) is 19.3 Å². The van der Waals surface area contributed by atoms with Crippen LogP contribution in [0.15, 0.2) is 24.3 Å². The maximum Gasteiger partial charge on any atom is 0.308 e. The quantitative estimate of drug-likeness (QED) is 0.873. The van der Waals surface area contributed by atoms with Crippen LogP contribution in [-0.2, 0) is 16.0 Å². The van der Waals surface area contributed by atoms with E-state index in [2.05, 4.69) is 6.92 Å². The summed E-state index contributed by atoms with van der Waals surface area (Å²) in [6, 6.07) is 7.70. The van der Waals surface area contributed by atoms with E-state index in [1.54, 1.807) is 4.90 Å². The summed E-state index contributed by atoms with van der Waals surface area (Å²) in [5, 5.41) is 9.35. The number of aryl methyl sites for hydroxylation is 1. The second-order valence-electron chi connectivity index (χ2n) is 6.53. The molecule has 1 amide bonds. The minimum absolute atomic E-state index is 0.0325. The van der Waals surface area contributed by atoms with Crippen molar-refractivity contribution in [2.45, 2.75) is 26.2 Å². The highest BCUT2D eigenvalue weighted by Gasteiger charge is 2.46. The lowest BCUT2D eigenvalue weighted by Gasteiger charge is -2.16. The van der Waals surface area contributed by atoms with E-state index in [1.165, 1.54) is 5.56 Å². The summed E-state index contributed by atoms with van der Waals surface area (Å²) in [4.78, 5) is 25.3. The molecule has 1 aliphatic carbocycles. The van der Waals surface area contributed by atoms with Gasteiger partial charge in [0.1, 0.15) is 5.75 Å². The molecule has 1 aromatic rings. The summed E-state index contributed by atoms with van der Waals surface area (Å²) >= 11 is 0. The number of carboxylic acids is 1. The summed E-state index contributed by atoms with van der Waals surface area (Å²) < 4.78 is 5.55. The van der Waals surface area contributed by atoms with Crippen LogP contribution in [0.25, 0.3) is 0 Å². The third-order valence-corrected chi connectivity index (χ3v) is 4.96. The molecule has 0 spiro atoms. The highest BCUT2D eigenvalue weighted by molar-refractivity contribution is 5.80. The molecule has 23 heavy (non-hydrogen) atoms. The second-order valence-corrected chi connectivity index (χ2v) is 6.53. The maximum absolute atomic E-state index is 12.3. The number of carbonyl (C=O) groups excluding carboxylic acids is 1. The van der Waals surface area contributed by atoms with Crippen molar-refractivity contribution >= 4 is 11.9 Å². The fourth-order valence-electron chi connectivity index (χ4n) is 3.35. The molecule has 1 saturated carbocycles. The van der Waals surface area contributed by atoms with Crippen LogP contribution in [0.4, 0.5) is 0 Å². The molecule has 1 N–H and O–H groups in total. The number of carbonyl (C=O) groups is 2. The zero-order chi connectivity index (χ0) is 16.4. The van der Waals surface area contributed by atoms with Crippen molar-refractivity contribution in [1.29, 1.82) is 0 Å². The molecule has 1 saturated heterocycles. The number of ether oxygens (including phenoxy) is 1. The van der Waals surface area contributed by atoms with E-state index < -0.39 is 11.9 Å². The number of nitrogens with zero attached hydrogens (tertiary/aromatic N) is 1. The summed E-state index contributed by atoms with van der Waals surface area (Å²) in [5.74, 6) is -0.0671. The largest absolute Gasteiger partial charge is 0.484 e. The molecule has 0 unspecified atom stereocenters. The van der Waals surface area contributed by atoms with Gasteiger partial charge in [-0.25, -0.2) is 0 Å². The lowest BCUT2D eigenvalue weighted by Crippen LogP contribution is -2.33. The Kier molecular flexibility index (Phi) is 4.55. The van der Waals surface area contributed by atoms with Gasteiger partial charge in [-0.05, 0) is 48.8 Å². The van der Waals surface area contributed by atoms with Crippen molar-refractivity contribution in [1.82, 2.24) is 4.90 Å². The van der Waals surface area contributed by atoms with E-state index in [0.29, 0.717) is 24.8 Å². The van der Waals surface area contributed by atoms with Crippen molar-refractivity contribution in [3.63, 3.8) is 0 Å². The molecule has 5 nitrogen and oxygen atoms in total. The zero-order valence-electron chi connectivity index (χ0n) is 13.4. The predicted molar refractivity (Wildman–Crippen MR) is 85.2 cm³/mol. The number of aliphatic carboxylic acids is 1. The van der Waals surface area contributed by atoms with Gasteiger partial charge in [0.25, 0.3) is 5.91 Å². The molecule has 0 bridgehead atoms. The van der Waals surface area contributed by atoms with Crippen LogP contribution in [-0.4, -0.2) is 41.6 Å². The molecule has 1 aliphatic heterocycles. The summed E-state index contributed by atoms with van der Waals surface area (Å²) in [6.07, 6.45) is 3.15. The lowest BCUT2D eigenvalue weighted by molar-refractivity contribution is -0.142. The summed E-state index contributed by atoms with van der Waals surface area (Å²) in [7, 11) is 0. The summed E-state index contributed by atoms with van der Waals surface area (Å²) in [5.41, 5.74) is 1.22. The summed E-state index contributed by atoms with van der Waals surface area (Å²) in [6.45, 7) is 2.92. The Labute approximate surface area is 136 Å². The number of hydrogen-bond donors (Lipinski definition) is 1. The molecule has 2 fully saturated rings. The number of benzene rings is 1. The highest BCUT2D eigenvalue weighted by Crippen LogP contribution is 2.44. The Balaban J connectivity index is 1.54. The fraction of sp³-hybridized carbons (Fsp3) is 0.556. The number of amides is 1. The van der Waals surface area contributed by atoms with Crippen LogP contribution >= 0.6 is 0 Å². The Morgan fingerprint density at radius 2 is 1.91 bits per heavy atom. The van der Waals surface area contributed by atoms with Crippen molar-refractivity contribution in [3.05, 3.63) is 29.8 Å². The van der Waals surface area contributed by atoms with E-state index >= 15 is 0 Å². The van der Waals surface area contributed by atoms with Crippen LogP contribution in [0.2, 0.25) is 0 Å². The first-order valence-electron chi connectivity index (χ1n) is 8.30. The third kappa shape index (κ3) is 3.66. The van der Waals surface area contributed by atoms with Gasteiger partial charge in [0.05, 0.1) is 5.92 Å². The van der Waals surface area contributed by atoms with Gasteiger partial charge >= 0.3 is 5.97 Å². The first-order chi connectivity index (χ1) is 11.1. The zero-order valence-corrected chi connectivity index (χ0v) is 13.4. The molecule has 1 heterocycles. The maximum atomic E-state index is 12.3. The first kappa shape index (κ1) is 15.8. The first-order valence-corrected chi connectivity index (χ1v) is 8.30. The van der Waals surface area contributed by atoms with Crippen molar-refractivity contribution < 1.29 is 19.4 Å². The van der Waals surface area contributed by atoms with Gasteiger partial charge < -0.3 is 14.7 Å². The lowest BCUT2D eigenvalue weighted by atomic mass is 9.92. The average molecular weight is 317 g/mol. The number of carboxylic acid groups (broad SMARTS) is 1. The Bertz CT molecular complexity index is 579. The van der Waals surface area contributed by atoms with Gasteiger partial charge in [0.2, 0.25) is 0 Å². The highest BCUT2D eigenvalue weighted by atomic mass is 16.5. The molecule has 1 aromatic carbocycles. The minimum atomic E-state index is -0.784. The van der Waals surface area contributed by atoms with Crippen molar-refractivity contribution in [2.24, 2.45) is 17.8 Å². The van der Waals surface area contributed by atoms with Crippen LogP contribution in [0.3, 0.4) is 0 Å². The molecular formula is C18H23NO4. The van der Waals surface area contributed by atoms with Crippen LogP contribution in [0.5, 0.6) is 5.75 Å². The minimum Gasteiger partial charge on any atom is -0.484 e. The fourth-order valence-corrected chi connectivity index (χ4v) is 3.35. The van der Waals surface area contributed by atoms with Gasteiger partial charge in [-0.3, -0.25) is 9.59 Å². The molecule has 0 aromatic heterocycles. The predicted octanol–water partition coefficient (Wildman–Crippen LogP) is 2.20. The van der Waals surface area contributed by atoms with Gasteiger partial charge in [-0.2, -0.15) is 0 Å². The molecule has 3 rings (SSSR count). The van der Waals surface area contributed by atoms with Crippen LogP contribution in [0.1, 0.15) is 25.3 Å². The molecular weight excluding hydrogens is 294 g/mol. The average Bonchev–Trinajstić information content (AvgIpc) is 3.31. The smallest absolute Gasteiger partial charge is 0.308 e. The van der Waals surface area contributed by atoms with Gasteiger partial charge in [0, 0.05) is 13.1 Å². The van der Waals surface area contributed by atoms with E-state index in [9.17, 15) is 14.7 Å². The monoisotopic (exact) mass is 317 g/mol. The van der Waals surface area contributed by atoms with Gasteiger partial charge in [-0.1, -0.05) is 19.1 Å². The Hall–Kier alpha value is -2.04. The number of rotatable bonds is 6. The molecule has 0 radical (unpaired) electrons. The Morgan fingerprint density at radius 1 is 1.22 bits per heavy atom. The molecule has 5 heteroatoms. The van der Waals surface area contributed by atoms with Crippen molar-refractivity contribution in [3.8, 4) is 5.75 Å². The molecule has 124 valence electrons. The molecule has 2 atom stereocenters. The van der Waals surface area contributed by atoms with Crippen LogP contribution < -0.4 is 4.74 Å².